The Morgan fingerprint density at radius 3 is 2.74 bits per heavy atom. The van der Waals surface area contributed by atoms with Crippen molar-refractivity contribution >= 4 is 28.5 Å². The van der Waals surface area contributed by atoms with Crippen molar-refractivity contribution in [3.8, 4) is 0 Å². The molecule has 0 bridgehead atoms. The summed E-state index contributed by atoms with van der Waals surface area (Å²) in [7, 11) is 0. The Bertz CT molecular complexity index is 928. The summed E-state index contributed by atoms with van der Waals surface area (Å²) in [5.41, 5.74) is 11.9. The van der Waals surface area contributed by atoms with Gasteiger partial charge in [0.05, 0.1) is 5.57 Å². The van der Waals surface area contributed by atoms with E-state index in [1.807, 2.05) is 19.1 Å². The summed E-state index contributed by atoms with van der Waals surface area (Å²) in [6.07, 6.45) is 5.59. The zero-order valence-corrected chi connectivity index (χ0v) is 15.5. The normalized spacial score (nSPS) is 18.2. The van der Waals surface area contributed by atoms with Crippen LogP contribution in [-0.4, -0.2) is 23.9 Å². The van der Waals surface area contributed by atoms with Crippen LogP contribution in [0.25, 0.3) is 5.57 Å². The third kappa shape index (κ3) is 3.73. The van der Waals surface area contributed by atoms with E-state index in [-0.39, 0.29) is 5.91 Å². The first-order chi connectivity index (χ1) is 13.1. The highest BCUT2D eigenvalue weighted by atomic mass is 16.2. The van der Waals surface area contributed by atoms with Gasteiger partial charge in [-0.3, -0.25) is 9.69 Å². The molecule has 2 aromatic rings. The number of benzene rings is 2. The van der Waals surface area contributed by atoms with Gasteiger partial charge in [0.25, 0.3) is 5.91 Å². The maximum absolute atomic E-state index is 12.4. The second-order valence-electron chi connectivity index (χ2n) is 7.08. The molecule has 0 aromatic heterocycles. The van der Waals surface area contributed by atoms with E-state index < -0.39 is 0 Å². The zero-order chi connectivity index (χ0) is 18.8. The summed E-state index contributed by atoms with van der Waals surface area (Å²) < 4.78 is 0. The number of nitrogens with two attached hydrogens (primary N) is 1. The summed E-state index contributed by atoms with van der Waals surface area (Å²) >= 11 is 0. The van der Waals surface area contributed by atoms with Crippen LogP contribution < -0.4 is 16.4 Å². The molecule has 27 heavy (non-hydrogen) atoms. The quantitative estimate of drug-likeness (QED) is 0.440. The Labute approximate surface area is 159 Å². The van der Waals surface area contributed by atoms with E-state index in [4.69, 9.17) is 5.73 Å². The summed E-state index contributed by atoms with van der Waals surface area (Å²) in [4.78, 5) is 14.8. The summed E-state index contributed by atoms with van der Waals surface area (Å²) in [5.74, 6) is -0.102. The van der Waals surface area contributed by atoms with Crippen molar-refractivity contribution in [2.24, 2.45) is 0 Å². The molecule has 138 valence electrons. The number of nitrogens with one attached hydrogen (secondary N) is 2. The number of hydrogen-bond acceptors (Lipinski definition) is 4. The number of rotatable bonds is 4. The molecule has 2 aliphatic heterocycles. The molecule has 0 unspecified atom stereocenters. The van der Waals surface area contributed by atoms with E-state index in [9.17, 15) is 4.79 Å². The van der Waals surface area contributed by atoms with Gasteiger partial charge in [0.15, 0.2) is 0 Å². The highest BCUT2D eigenvalue weighted by molar-refractivity contribution is 6.32. The van der Waals surface area contributed by atoms with E-state index in [1.165, 1.54) is 5.56 Å². The third-order valence-corrected chi connectivity index (χ3v) is 5.00. The molecular weight excluding hydrogens is 336 g/mol. The fourth-order valence-electron chi connectivity index (χ4n) is 3.62. The van der Waals surface area contributed by atoms with Gasteiger partial charge in [-0.2, -0.15) is 0 Å². The topological polar surface area (TPSA) is 70.4 Å². The molecule has 0 saturated heterocycles. The Hall–Kier alpha value is -3.05. The second-order valence-corrected chi connectivity index (χ2v) is 7.08. The predicted octanol–water partition coefficient (Wildman–Crippen LogP) is 3.83. The van der Waals surface area contributed by atoms with Crippen LogP contribution in [0.5, 0.6) is 0 Å². The maximum atomic E-state index is 12.4. The van der Waals surface area contributed by atoms with Gasteiger partial charge in [-0.1, -0.05) is 24.3 Å². The maximum Gasteiger partial charge on any atom is 0.258 e. The predicted molar refractivity (Wildman–Crippen MR) is 111 cm³/mol. The smallest absolute Gasteiger partial charge is 0.258 e. The highest BCUT2D eigenvalue weighted by Gasteiger charge is 2.26. The highest BCUT2D eigenvalue weighted by Crippen LogP contribution is 2.35. The van der Waals surface area contributed by atoms with Crippen LogP contribution in [0.1, 0.15) is 24.5 Å². The number of nitrogen functional groups attached to an aromatic ring is 1. The first-order valence-corrected chi connectivity index (χ1v) is 9.25. The molecule has 1 amide bonds. The van der Waals surface area contributed by atoms with Crippen LogP contribution in [0, 0.1) is 0 Å². The van der Waals surface area contributed by atoms with Crippen LogP contribution in [0.2, 0.25) is 0 Å². The number of nitrogens with zero attached hydrogens (tertiary/aromatic N) is 1. The summed E-state index contributed by atoms with van der Waals surface area (Å²) in [5, 5.41) is 6.25. The number of carbonyl (C=O) groups is 1. The van der Waals surface area contributed by atoms with Gasteiger partial charge in [0.1, 0.15) is 0 Å². The van der Waals surface area contributed by atoms with Gasteiger partial charge in [-0.05, 0) is 49.2 Å². The van der Waals surface area contributed by atoms with Gasteiger partial charge in [0.2, 0.25) is 0 Å². The average molecular weight is 360 g/mol. The lowest BCUT2D eigenvalue weighted by Gasteiger charge is -2.23. The van der Waals surface area contributed by atoms with Crippen molar-refractivity contribution in [2.75, 3.05) is 29.5 Å². The minimum absolute atomic E-state index is 0.102. The molecule has 0 fully saturated rings. The van der Waals surface area contributed by atoms with Crippen molar-refractivity contribution in [1.82, 2.24) is 4.90 Å². The van der Waals surface area contributed by atoms with Gasteiger partial charge in [-0.15, -0.1) is 0 Å². The fraction of sp³-hybridized carbons (Fsp3) is 0.227. The first-order valence-electron chi connectivity index (χ1n) is 9.25. The summed E-state index contributed by atoms with van der Waals surface area (Å²) in [6, 6.07) is 13.9. The lowest BCUT2D eigenvalue weighted by Crippen LogP contribution is -2.26. The van der Waals surface area contributed by atoms with Crippen LogP contribution in [-0.2, 0) is 11.3 Å². The number of carbonyl (C=O) groups excluding carboxylic acids is 1. The summed E-state index contributed by atoms with van der Waals surface area (Å²) in [6.45, 7) is 5.00. The van der Waals surface area contributed by atoms with Crippen molar-refractivity contribution in [3.63, 3.8) is 0 Å². The molecule has 5 heteroatoms. The molecular formula is C22H24N4O. The molecule has 0 aliphatic carbocycles. The number of fused-ring (bicyclic) bond motifs is 1. The van der Waals surface area contributed by atoms with Crippen LogP contribution in [0.3, 0.4) is 0 Å². The first kappa shape index (κ1) is 17.4. The van der Waals surface area contributed by atoms with Crippen LogP contribution in [0.4, 0.5) is 17.1 Å². The zero-order valence-electron chi connectivity index (χ0n) is 15.5. The number of hydrogen-bond donors (Lipinski definition) is 3. The Morgan fingerprint density at radius 2 is 2.00 bits per heavy atom. The lowest BCUT2D eigenvalue weighted by atomic mass is 10.0. The second kappa shape index (κ2) is 7.29. The van der Waals surface area contributed by atoms with Gasteiger partial charge >= 0.3 is 0 Å². The van der Waals surface area contributed by atoms with Crippen molar-refractivity contribution < 1.29 is 4.79 Å². The number of amides is 1. The van der Waals surface area contributed by atoms with Gasteiger partial charge in [-0.25, -0.2) is 0 Å². The van der Waals surface area contributed by atoms with Crippen molar-refractivity contribution in [2.45, 2.75) is 19.9 Å². The number of anilines is 3. The molecule has 2 aromatic carbocycles. The molecule has 5 nitrogen and oxygen atoms in total. The Kier molecular flexibility index (Phi) is 4.69. The van der Waals surface area contributed by atoms with Crippen molar-refractivity contribution in [3.05, 3.63) is 71.4 Å². The van der Waals surface area contributed by atoms with Crippen LogP contribution >= 0.6 is 0 Å². The van der Waals surface area contributed by atoms with Crippen molar-refractivity contribution in [1.29, 1.82) is 0 Å². The monoisotopic (exact) mass is 360 g/mol. The van der Waals surface area contributed by atoms with Gasteiger partial charge < -0.3 is 16.4 Å². The fourth-order valence-corrected chi connectivity index (χ4v) is 3.62. The minimum Gasteiger partial charge on any atom is -0.399 e. The van der Waals surface area contributed by atoms with E-state index in [0.29, 0.717) is 11.3 Å². The van der Waals surface area contributed by atoms with E-state index in [2.05, 4.69) is 52.0 Å². The average Bonchev–Trinajstić information content (AvgIpc) is 2.99. The largest absolute Gasteiger partial charge is 0.399 e. The standard InChI is InChI=1S/C22H24N4O/c1-15(21-19-13-17(23)7-10-20(19)25-22(21)27)24-18-8-5-16(6-9-18)14-26-11-3-2-4-12-26/h2-3,5-10,13,24H,4,11-12,14,23H2,1H3,(H,25,27). The van der Waals surface area contributed by atoms with E-state index in [1.54, 1.807) is 6.07 Å². The minimum atomic E-state index is -0.102. The number of allylic oxidation sites excluding steroid dienone is 1. The molecule has 0 radical (unpaired) electrons. The molecule has 2 heterocycles. The molecule has 4 rings (SSSR count). The SMILES string of the molecule is CC(Nc1ccc(CN2CC=CCC2)cc1)=C1C(=O)Nc2ccc(N)cc21. The Morgan fingerprint density at radius 1 is 1.19 bits per heavy atom. The lowest BCUT2D eigenvalue weighted by molar-refractivity contribution is -0.110. The molecule has 4 N–H and O–H groups in total. The molecule has 2 aliphatic rings. The molecule has 0 spiro atoms. The Balaban J connectivity index is 1.50. The third-order valence-electron chi connectivity index (χ3n) is 5.00. The van der Waals surface area contributed by atoms with E-state index in [0.717, 1.165) is 48.7 Å². The molecule has 0 saturated carbocycles. The van der Waals surface area contributed by atoms with Gasteiger partial charge in [0, 0.05) is 48.0 Å². The van der Waals surface area contributed by atoms with E-state index >= 15 is 0 Å². The van der Waals surface area contributed by atoms with Crippen LogP contribution in [0.15, 0.2) is 60.3 Å². The molecule has 0 atom stereocenters.